The highest BCUT2D eigenvalue weighted by Crippen LogP contribution is 2.25. The van der Waals surface area contributed by atoms with Gasteiger partial charge in [-0.05, 0) is 41.7 Å². The second-order valence-corrected chi connectivity index (χ2v) is 5.29. The molecule has 0 aromatic heterocycles. The lowest BCUT2D eigenvalue weighted by atomic mass is 9.98. The number of hydrogen-bond donors (Lipinski definition) is 1. The molecule has 0 atom stereocenters. The van der Waals surface area contributed by atoms with Crippen LogP contribution >= 0.6 is 0 Å². The van der Waals surface area contributed by atoms with Crippen LogP contribution in [0.1, 0.15) is 29.8 Å². The highest BCUT2D eigenvalue weighted by atomic mass is 19.1. The molecule has 0 aliphatic rings. The normalized spacial score (nSPS) is 10.8. The second kappa shape index (κ2) is 5.87. The zero-order chi connectivity index (χ0) is 14.7. The monoisotopic (exact) mass is 272 g/mol. The molecule has 0 heterocycles. The van der Waals surface area contributed by atoms with Gasteiger partial charge in [-0.3, -0.25) is 0 Å². The fraction of sp³-hybridized carbons (Fsp3) is 0.235. The summed E-state index contributed by atoms with van der Waals surface area (Å²) in [7, 11) is 0. The number of carbonyl (C=O) groups is 1. The summed E-state index contributed by atoms with van der Waals surface area (Å²) in [6, 6.07) is 11.4. The number of carboxylic acid groups (broad SMARTS) is 1. The van der Waals surface area contributed by atoms with Crippen molar-refractivity contribution in [2.75, 3.05) is 0 Å². The predicted octanol–water partition coefficient (Wildman–Crippen LogP) is 4.39. The van der Waals surface area contributed by atoms with Crippen molar-refractivity contribution in [2.45, 2.75) is 20.3 Å². The zero-order valence-corrected chi connectivity index (χ0v) is 11.6. The molecule has 0 aliphatic heterocycles. The Kier molecular flexibility index (Phi) is 4.18. The Labute approximate surface area is 117 Å². The van der Waals surface area contributed by atoms with E-state index in [0.29, 0.717) is 17.0 Å². The van der Waals surface area contributed by atoms with E-state index in [1.54, 1.807) is 0 Å². The average molecular weight is 272 g/mol. The van der Waals surface area contributed by atoms with E-state index in [9.17, 15) is 9.18 Å². The summed E-state index contributed by atoms with van der Waals surface area (Å²) in [6.45, 7) is 4.29. The quantitative estimate of drug-likeness (QED) is 0.896. The number of hydrogen-bond acceptors (Lipinski definition) is 1. The summed E-state index contributed by atoms with van der Waals surface area (Å²) >= 11 is 0. The zero-order valence-electron chi connectivity index (χ0n) is 11.6. The Hall–Kier alpha value is -2.16. The van der Waals surface area contributed by atoms with Gasteiger partial charge in [-0.1, -0.05) is 38.1 Å². The third-order valence-corrected chi connectivity index (χ3v) is 3.12. The van der Waals surface area contributed by atoms with Gasteiger partial charge >= 0.3 is 5.97 Å². The first kappa shape index (κ1) is 14.3. The fourth-order valence-corrected chi connectivity index (χ4v) is 2.17. The maximum atomic E-state index is 13.8. The van der Waals surface area contributed by atoms with Crippen LogP contribution in [0.5, 0.6) is 0 Å². The third-order valence-electron chi connectivity index (χ3n) is 3.12. The molecule has 20 heavy (non-hydrogen) atoms. The summed E-state index contributed by atoms with van der Waals surface area (Å²) in [5, 5.41) is 8.97. The molecule has 104 valence electrons. The van der Waals surface area contributed by atoms with Crippen LogP contribution in [-0.4, -0.2) is 11.1 Å². The largest absolute Gasteiger partial charge is 0.478 e. The van der Waals surface area contributed by atoms with Crippen molar-refractivity contribution in [3.8, 4) is 11.1 Å². The molecule has 0 spiro atoms. The van der Waals surface area contributed by atoms with E-state index in [4.69, 9.17) is 5.11 Å². The number of halogens is 1. The van der Waals surface area contributed by atoms with Crippen LogP contribution in [0, 0.1) is 11.7 Å². The van der Waals surface area contributed by atoms with Gasteiger partial charge in [0.15, 0.2) is 0 Å². The van der Waals surface area contributed by atoms with Gasteiger partial charge in [0.1, 0.15) is 5.82 Å². The first-order valence-electron chi connectivity index (χ1n) is 6.59. The SMILES string of the molecule is CC(C)Cc1ccc(-c2cc(C(=O)O)ccc2F)cc1. The Balaban J connectivity index is 2.36. The smallest absolute Gasteiger partial charge is 0.335 e. The summed E-state index contributed by atoms with van der Waals surface area (Å²) in [5.74, 6) is -0.901. The molecule has 2 rings (SSSR count). The van der Waals surface area contributed by atoms with Gasteiger partial charge in [-0.15, -0.1) is 0 Å². The Morgan fingerprint density at radius 3 is 2.35 bits per heavy atom. The Bertz CT molecular complexity index is 615. The molecule has 2 aromatic carbocycles. The molecule has 3 heteroatoms. The Morgan fingerprint density at radius 1 is 1.15 bits per heavy atom. The molecule has 2 aromatic rings. The predicted molar refractivity (Wildman–Crippen MR) is 77.3 cm³/mol. The first-order valence-corrected chi connectivity index (χ1v) is 6.59. The molecule has 0 radical (unpaired) electrons. The molecule has 0 amide bonds. The van der Waals surface area contributed by atoms with Gasteiger partial charge in [-0.2, -0.15) is 0 Å². The molecular formula is C17H17FO2. The highest BCUT2D eigenvalue weighted by Gasteiger charge is 2.10. The van der Waals surface area contributed by atoms with Crippen LogP contribution in [0.4, 0.5) is 4.39 Å². The molecule has 2 nitrogen and oxygen atoms in total. The van der Waals surface area contributed by atoms with E-state index in [1.165, 1.54) is 23.8 Å². The van der Waals surface area contributed by atoms with E-state index < -0.39 is 11.8 Å². The minimum atomic E-state index is -1.05. The van der Waals surface area contributed by atoms with Gasteiger partial charge in [0, 0.05) is 5.56 Å². The van der Waals surface area contributed by atoms with Crippen LogP contribution in [0.15, 0.2) is 42.5 Å². The van der Waals surface area contributed by atoms with Crippen molar-refractivity contribution in [2.24, 2.45) is 5.92 Å². The molecule has 0 aliphatic carbocycles. The summed E-state index contributed by atoms with van der Waals surface area (Å²) in [5.41, 5.74) is 2.30. The molecule has 1 N–H and O–H groups in total. The molecule has 0 bridgehead atoms. The van der Waals surface area contributed by atoms with Crippen molar-refractivity contribution < 1.29 is 14.3 Å². The van der Waals surface area contributed by atoms with Crippen molar-refractivity contribution in [1.82, 2.24) is 0 Å². The molecule has 0 fully saturated rings. The van der Waals surface area contributed by atoms with Crippen LogP contribution < -0.4 is 0 Å². The lowest BCUT2D eigenvalue weighted by molar-refractivity contribution is 0.0697. The minimum absolute atomic E-state index is 0.0904. The van der Waals surface area contributed by atoms with E-state index in [2.05, 4.69) is 13.8 Å². The standard InChI is InChI=1S/C17H17FO2/c1-11(2)9-12-3-5-13(6-4-12)15-10-14(17(19)20)7-8-16(15)18/h3-8,10-11H,9H2,1-2H3,(H,19,20). The van der Waals surface area contributed by atoms with Gasteiger partial charge in [-0.25, -0.2) is 9.18 Å². The van der Waals surface area contributed by atoms with Crippen LogP contribution in [0.2, 0.25) is 0 Å². The summed E-state index contributed by atoms with van der Waals surface area (Å²) < 4.78 is 13.8. The average Bonchev–Trinajstić information content (AvgIpc) is 2.39. The van der Waals surface area contributed by atoms with Gasteiger partial charge in [0.2, 0.25) is 0 Å². The second-order valence-electron chi connectivity index (χ2n) is 5.29. The number of aromatic carboxylic acids is 1. The topological polar surface area (TPSA) is 37.3 Å². The maximum Gasteiger partial charge on any atom is 0.335 e. The van der Waals surface area contributed by atoms with Crippen molar-refractivity contribution in [3.63, 3.8) is 0 Å². The van der Waals surface area contributed by atoms with E-state index in [1.807, 2.05) is 24.3 Å². The fourth-order valence-electron chi connectivity index (χ4n) is 2.17. The van der Waals surface area contributed by atoms with Gasteiger partial charge < -0.3 is 5.11 Å². The highest BCUT2D eigenvalue weighted by molar-refractivity contribution is 5.89. The van der Waals surface area contributed by atoms with Crippen molar-refractivity contribution >= 4 is 5.97 Å². The van der Waals surface area contributed by atoms with E-state index >= 15 is 0 Å². The van der Waals surface area contributed by atoms with Gasteiger partial charge in [0.25, 0.3) is 0 Å². The lowest BCUT2D eigenvalue weighted by Crippen LogP contribution is -1.98. The molecular weight excluding hydrogens is 255 g/mol. The Morgan fingerprint density at radius 2 is 1.80 bits per heavy atom. The van der Waals surface area contributed by atoms with Gasteiger partial charge in [0.05, 0.1) is 5.56 Å². The minimum Gasteiger partial charge on any atom is -0.478 e. The number of carboxylic acids is 1. The number of benzene rings is 2. The summed E-state index contributed by atoms with van der Waals surface area (Å²) in [4.78, 5) is 10.9. The summed E-state index contributed by atoms with van der Waals surface area (Å²) in [6.07, 6.45) is 0.970. The first-order chi connectivity index (χ1) is 9.47. The number of rotatable bonds is 4. The molecule has 0 saturated carbocycles. The van der Waals surface area contributed by atoms with Crippen molar-refractivity contribution in [1.29, 1.82) is 0 Å². The van der Waals surface area contributed by atoms with Crippen LogP contribution in [0.25, 0.3) is 11.1 Å². The maximum absolute atomic E-state index is 13.8. The van der Waals surface area contributed by atoms with E-state index in [0.717, 1.165) is 6.42 Å². The van der Waals surface area contributed by atoms with Crippen LogP contribution in [-0.2, 0) is 6.42 Å². The lowest BCUT2D eigenvalue weighted by Gasteiger charge is -2.08. The van der Waals surface area contributed by atoms with Crippen LogP contribution in [0.3, 0.4) is 0 Å². The third kappa shape index (κ3) is 3.23. The van der Waals surface area contributed by atoms with Crippen molar-refractivity contribution in [3.05, 3.63) is 59.4 Å². The molecule has 0 unspecified atom stereocenters. The van der Waals surface area contributed by atoms with E-state index in [-0.39, 0.29) is 5.56 Å². The molecule has 0 saturated heterocycles.